The minimum Gasteiger partial charge on any atom is -0.375 e. The van der Waals surface area contributed by atoms with E-state index in [2.05, 4.69) is 62.0 Å². The van der Waals surface area contributed by atoms with E-state index in [-0.39, 0.29) is 11.9 Å². The maximum absolute atomic E-state index is 13.5. The van der Waals surface area contributed by atoms with Crippen molar-refractivity contribution in [2.45, 2.75) is 29.4 Å². The predicted octanol–water partition coefficient (Wildman–Crippen LogP) is 6.41. The van der Waals surface area contributed by atoms with Gasteiger partial charge in [0.15, 0.2) is 5.13 Å². The molecular formula is C28H23N5OS2. The molecule has 1 amide bonds. The van der Waals surface area contributed by atoms with Crippen LogP contribution in [0.15, 0.2) is 72.4 Å². The fraction of sp³-hybridized carbons (Fsp3) is 0.179. The van der Waals surface area contributed by atoms with E-state index in [9.17, 15) is 4.79 Å². The molecule has 1 fully saturated rings. The Kier molecular flexibility index (Phi) is 5.11. The van der Waals surface area contributed by atoms with E-state index in [1.54, 1.807) is 12.3 Å². The number of aromatic nitrogens is 3. The normalized spacial score (nSPS) is 20.4. The fourth-order valence-electron chi connectivity index (χ4n) is 5.61. The first-order valence-corrected chi connectivity index (χ1v) is 13.8. The number of fused-ring (bicyclic) bond motifs is 4. The van der Waals surface area contributed by atoms with Crippen LogP contribution in [0.3, 0.4) is 0 Å². The second-order valence-electron chi connectivity index (χ2n) is 9.20. The number of anilines is 1. The zero-order valence-electron chi connectivity index (χ0n) is 19.3. The van der Waals surface area contributed by atoms with Crippen LogP contribution in [0.25, 0.3) is 22.2 Å². The standard InChI is InChI=1S/C28H23N5OS2/c29-28-32-21(14-35-28)23-9-8-22(36-23)19-6-3-7-20-24(19)15-4-1-2-5-16(15)25(20)33-27(34)18-11-13-31-26-17(18)10-12-30-26/h1-7,10-14,22-23,25H,8-9H2,(H2,29,32)(H,30,31)(H,33,34). The first-order valence-electron chi connectivity index (χ1n) is 12.0. The van der Waals surface area contributed by atoms with Crippen molar-refractivity contribution in [2.75, 3.05) is 5.73 Å². The van der Waals surface area contributed by atoms with Crippen molar-refractivity contribution in [2.24, 2.45) is 0 Å². The highest BCUT2D eigenvalue weighted by atomic mass is 32.2. The van der Waals surface area contributed by atoms with Crippen LogP contribution in [0.1, 0.15) is 62.1 Å². The number of carbonyl (C=O) groups excluding carboxylic acids is 1. The molecule has 2 aliphatic rings. The van der Waals surface area contributed by atoms with Crippen molar-refractivity contribution in [3.05, 3.63) is 100 Å². The molecule has 3 atom stereocenters. The Bertz CT molecular complexity index is 1620. The van der Waals surface area contributed by atoms with Gasteiger partial charge in [-0.15, -0.1) is 23.1 Å². The van der Waals surface area contributed by atoms with Crippen LogP contribution in [-0.2, 0) is 0 Å². The van der Waals surface area contributed by atoms with Gasteiger partial charge in [-0.2, -0.15) is 0 Å². The van der Waals surface area contributed by atoms with Gasteiger partial charge in [-0.25, -0.2) is 9.97 Å². The minimum absolute atomic E-state index is 0.100. The molecule has 3 aromatic heterocycles. The molecule has 5 aromatic rings. The van der Waals surface area contributed by atoms with Crippen LogP contribution < -0.4 is 11.1 Å². The number of nitrogens with zero attached hydrogens (tertiary/aromatic N) is 2. The van der Waals surface area contributed by atoms with Gasteiger partial charge in [0, 0.05) is 33.7 Å². The molecule has 0 saturated carbocycles. The van der Waals surface area contributed by atoms with Gasteiger partial charge in [-0.05, 0) is 52.8 Å². The Labute approximate surface area is 216 Å². The van der Waals surface area contributed by atoms with Crippen LogP contribution >= 0.6 is 23.1 Å². The number of benzene rings is 2. The fourth-order valence-corrected chi connectivity index (χ4v) is 7.85. The topological polar surface area (TPSA) is 96.7 Å². The lowest BCUT2D eigenvalue weighted by Crippen LogP contribution is -2.28. The highest BCUT2D eigenvalue weighted by Gasteiger charge is 2.36. The van der Waals surface area contributed by atoms with Gasteiger partial charge in [-0.3, -0.25) is 4.79 Å². The van der Waals surface area contributed by atoms with E-state index < -0.39 is 0 Å². The molecular weight excluding hydrogens is 486 g/mol. The monoisotopic (exact) mass is 509 g/mol. The van der Waals surface area contributed by atoms with Crippen molar-refractivity contribution in [3.8, 4) is 11.1 Å². The number of H-pyrrole nitrogens is 1. The molecule has 0 bridgehead atoms. The number of amides is 1. The summed E-state index contributed by atoms with van der Waals surface area (Å²) in [4.78, 5) is 25.5. The summed E-state index contributed by atoms with van der Waals surface area (Å²) in [5.41, 5.74) is 14.4. The first kappa shape index (κ1) is 21.6. The van der Waals surface area contributed by atoms with Crippen LogP contribution in [0.5, 0.6) is 0 Å². The molecule has 2 aromatic carbocycles. The summed E-state index contributed by atoms with van der Waals surface area (Å²) in [6.07, 6.45) is 5.66. The summed E-state index contributed by atoms with van der Waals surface area (Å²) < 4.78 is 0. The number of hydrogen-bond donors (Lipinski definition) is 3. The molecule has 6 nitrogen and oxygen atoms in total. The molecule has 0 spiro atoms. The van der Waals surface area contributed by atoms with Gasteiger partial charge in [0.25, 0.3) is 5.91 Å². The number of nitrogens with one attached hydrogen (secondary N) is 2. The third-order valence-corrected chi connectivity index (χ3v) is 9.51. The maximum Gasteiger partial charge on any atom is 0.252 e. The Morgan fingerprint density at radius 2 is 1.83 bits per heavy atom. The lowest BCUT2D eigenvalue weighted by atomic mass is 9.95. The summed E-state index contributed by atoms with van der Waals surface area (Å²) in [5, 5.41) is 7.62. The molecule has 4 heterocycles. The largest absolute Gasteiger partial charge is 0.375 e. The molecule has 0 radical (unpaired) electrons. The summed E-state index contributed by atoms with van der Waals surface area (Å²) in [6.45, 7) is 0. The van der Waals surface area contributed by atoms with Gasteiger partial charge in [-0.1, -0.05) is 42.5 Å². The Hall–Kier alpha value is -3.62. The number of aromatic amines is 1. The Morgan fingerprint density at radius 1 is 1.00 bits per heavy atom. The number of nitrogen functional groups attached to an aromatic ring is 1. The van der Waals surface area contributed by atoms with Crippen LogP contribution in [-0.4, -0.2) is 20.9 Å². The van der Waals surface area contributed by atoms with Crippen molar-refractivity contribution in [1.82, 2.24) is 20.3 Å². The molecule has 178 valence electrons. The molecule has 1 saturated heterocycles. The zero-order valence-corrected chi connectivity index (χ0v) is 20.9. The SMILES string of the molecule is Nc1nc(C2CCC(c3cccc4c3-c3ccccc3C4NC(=O)c3ccnc4[nH]ccc34)S2)cs1. The third-order valence-electron chi connectivity index (χ3n) is 7.20. The summed E-state index contributed by atoms with van der Waals surface area (Å²) in [5.74, 6) is -0.100. The van der Waals surface area contributed by atoms with Gasteiger partial charge >= 0.3 is 0 Å². The molecule has 1 aliphatic carbocycles. The van der Waals surface area contributed by atoms with Gasteiger partial charge in [0.2, 0.25) is 0 Å². The van der Waals surface area contributed by atoms with Gasteiger partial charge in [0.05, 0.1) is 17.3 Å². The molecule has 1 aliphatic heterocycles. The lowest BCUT2D eigenvalue weighted by Gasteiger charge is -2.18. The second kappa shape index (κ2) is 8.50. The van der Waals surface area contributed by atoms with Crippen LogP contribution in [0.4, 0.5) is 5.13 Å². The number of rotatable bonds is 4. The van der Waals surface area contributed by atoms with E-state index >= 15 is 0 Å². The number of thiazole rings is 1. The van der Waals surface area contributed by atoms with Crippen molar-refractivity contribution >= 4 is 45.2 Å². The number of carbonyl (C=O) groups is 1. The first-order chi connectivity index (χ1) is 17.7. The minimum atomic E-state index is -0.202. The second-order valence-corrected chi connectivity index (χ2v) is 11.5. The average Bonchev–Trinajstić information content (AvgIpc) is 3.70. The molecule has 36 heavy (non-hydrogen) atoms. The van der Waals surface area contributed by atoms with E-state index in [4.69, 9.17) is 5.73 Å². The highest BCUT2D eigenvalue weighted by molar-refractivity contribution is 8.00. The molecule has 7 rings (SSSR count). The van der Waals surface area contributed by atoms with Gasteiger partial charge < -0.3 is 16.0 Å². The smallest absolute Gasteiger partial charge is 0.252 e. The summed E-state index contributed by atoms with van der Waals surface area (Å²) >= 11 is 3.49. The van der Waals surface area contributed by atoms with E-state index in [1.807, 2.05) is 30.1 Å². The van der Waals surface area contributed by atoms with Crippen LogP contribution in [0, 0.1) is 0 Å². The summed E-state index contributed by atoms with van der Waals surface area (Å²) in [6, 6.07) is 18.5. The van der Waals surface area contributed by atoms with Crippen molar-refractivity contribution in [1.29, 1.82) is 0 Å². The highest BCUT2D eigenvalue weighted by Crippen LogP contribution is 2.56. The summed E-state index contributed by atoms with van der Waals surface area (Å²) in [7, 11) is 0. The van der Waals surface area contributed by atoms with Crippen LogP contribution in [0.2, 0.25) is 0 Å². The van der Waals surface area contributed by atoms with Gasteiger partial charge in [0.1, 0.15) is 5.65 Å². The molecule has 4 N–H and O–H groups in total. The number of nitrogens with two attached hydrogens (primary N) is 1. The molecule has 3 unspecified atom stereocenters. The average molecular weight is 510 g/mol. The maximum atomic E-state index is 13.5. The predicted molar refractivity (Wildman–Crippen MR) is 146 cm³/mol. The van der Waals surface area contributed by atoms with E-state index in [0.29, 0.717) is 26.8 Å². The third kappa shape index (κ3) is 3.43. The number of pyridine rings is 1. The quantitative estimate of drug-likeness (QED) is 0.260. The number of thioether (sulfide) groups is 1. The Morgan fingerprint density at radius 3 is 2.72 bits per heavy atom. The van der Waals surface area contributed by atoms with E-state index in [1.165, 1.54) is 28.0 Å². The number of hydrogen-bond acceptors (Lipinski definition) is 6. The Balaban J connectivity index is 1.25. The van der Waals surface area contributed by atoms with Crippen molar-refractivity contribution in [3.63, 3.8) is 0 Å². The van der Waals surface area contributed by atoms with E-state index in [0.717, 1.165) is 35.0 Å². The lowest BCUT2D eigenvalue weighted by molar-refractivity contribution is 0.0945. The van der Waals surface area contributed by atoms with Crippen molar-refractivity contribution < 1.29 is 4.79 Å². The zero-order chi connectivity index (χ0) is 24.2. The molecule has 8 heteroatoms.